The lowest BCUT2D eigenvalue weighted by Gasteiger charge is -2.16. The average Bonchev–Trinajstić information content (AvgIpc) is 2.02. The number of rotatable bonds is 2. The zero-order chi connectivity index (χ0) is 13.6. The van der Waals surface area contributed by atoms with Crippen molar-refractivity contribution in [1.82, 2.24) is 0 Å². The molecule has 0 rings (SSSR count). The molecule has 0 aliphatic rings. The van der Waals surface area contributed by atoms with Crippen LogP contribution in [-0.4, -0.2) is 34.5 Å². The Morgan fingerprint density at radius 3 is 1.69 bits per heavy atom. The summed E-state index contributed by atoms with van der Waals surface area (Å²) >= 11 is 1.95. The zero-order valence-corrected chi connectivity index (χ0v) is 11.6. The first kappa shape index (κ1) is 18.3. The Balaban J connectivity index is 0. The van der Waals surface area contributed by atoms with Crippen LogP contribution in [-0.2, 0) is 15.7 Å². The van der Waals surface area contributed by atoms with Gasteiger partial charge in [-0.15, -0.1) is 11.8 Å². The van der Waals surface area contributed by atoms with Gasteiger partial charge < -0.3 is 9.90 Å². The lowest BCUT2D eigenvalue weighted by Crippen LogP contribution is -2.37. The first-order chi connectivity index (χ1) is 6.92. The highest BCUT2D eigenvalue weighted by atomic mass is 32.2. The third kappa shape index (κ3) is 10.5. The van der Waals surface area contributed by atoms with Crippen LogP contribution in [0.2, 0.25) is 0 Å². The van der Waals surface area contributed by atoms with Crippen LogP contribution in [0.1, 0.15) is 20.8 Å². The van der Waals surface area contributed by atoms with E-state index in [0.29, 0.717) is 15.6 Å². The predicted molar refractivity (Wildman–Crippen MR) is 62.5 cm³/mol. The van der Waals surface area contributed by atoms with Gasteiger partial charge in [0.1, 0.15) is 10.7 Å². The standard InChI is InChI=1S/C7H17S2.C2HF3O2/c1-7(2,3)9(5)6-8-4;3-2(4,5)1(6)7/h6H2,1-5H3;(H,6,7)/q+1;/p-1. The Bertz CT molecular complexity index is 212. The monoisotopic (exact) mass is 278 g/mol. The molecule has 98 valence electrons. The second-order valence-corrected chi connectivity index (χ2v) is 7.96. The first-order valence-electron chi connectivity index (χ1n) is 4.32. The molecule has 0 aliphatic carbocycles. The van der Waals surface area contributed by atoms with Crippen molar-refractivity contribution in [2.45, 2.75) is 31.7 Å². The molecule has 0 bridgehead atoms. The van der Waals surface area contributed by atoms with Crippen LogP contribution in [0.3, 0.4) is 0 Å². The summed E-state index contributed by atoms with van der Waals surface area (Å²) in [7, 11) is 0.576. The Hall–Kier alpha value is -0.0400. The quantitative estimate of drug-likeness (QED) is 0.721. The van der Waals surface area contributed by atoms with E-state index in [9.17, 15) is 13.2 Å². The van der Waals surface area contributed by atoms with Crippen molar-refractivity contribution in [3.63, 3.8) is 0 Å². The summed E-state index contributed by atoms with van der Waals surface area (Å²) in [5, 5.41) is 10.1. The number of thioether (sulfide) groups is 1. The molecule has 0 aromatic carbocycles. The van der Waals surface area contributed by atoms with Crippen molar-refractivity contribution in [2.75, 3.05) is 17.6 Å². The number of carbonyl (C=O) groups is 1. The Morgan fingerprint density at radius 1 is 1.31 bits per heavy atom. The molecule has 0 aliphatic heterocycles. The molecule has 0 radical (unpaired) electrons. The smallest absolute Gasteiger partial charge is 0.430 e. The molecule has 0 fully saturated rings. The molecule has 0 heterocycles. The van der Waals surface area contributed by atoms with Gasteiger partial charge in [-0.25, -0.2) is 0 Å². The molecule has 0 spiro atoms. The molecule has 2 nitrogen and oxygen atoms in total. The number of carbonyl (C=O) groups excluding carboxylic acids is 1. The topological polar surface area (TPSA) is 40.1 Å². The van der Waals surface area contributed by atoms with Gasteiger partial charge in [-0.3, -0.25) is 0 Å². The molecular formula is C9H17F3O2S2. The molecular weight excluding hydrogens is 261 g/mol. The van der Waals surface area contributed by atoms with Crippen LogP contribution in [0.15, 0.2) is 0 Å². The van der Waals surface area contributed by atoms with E-state index < -0.39 is 12.1 Å². The van der Waals surface area contributed by atoms with E-state index in [1.165, 1.54) is 5.08 Å². The molecule has 0 N–H and O–H groups in total. The van der Waals surface area contributed by atoms with Gasteiger partial charge in [0.05, 0.1) is 6.26 Å². The molecule has 0 saturated carbocycles. The third-order valence-electron chi connectivity index (χ3n) is 1.57. The number of carboxylic acids is 1. The molecule has 1 unspecified atom stereocenters. The Labute approximate surface area is 101 Å². The third-order valence-corrected chi connectivity index (χ3v) is 6.02. The van der Waals surface area contributed by atoms with Crippen LogP contribution >= 0.6 is 11.8 Å². The van der Waals surface area contributed by atoms with E-state index in [1.54, 1.807) is 0 Å². The molecule has 7 heteroatoms. The van der Waals surface area contributed by atoms with Gasteiger partial charge in [-0.2, -0.15) is 13.2 Å². The van der Waals surface area contributed by atoms with E-state index in [2.05, 4.69) is 33.3 Å². The second-order valence-electron chi connectivity index (χ2n) is 3.94. The van der Waals surface area contributed by atoms with Gasteiger partial charge in [0.2, 0.25) is 0 Å². The SMILES string of the molecule is CSC[S+](C)C(C)(C)C.O=C([O-])C(F)(F)F. The fraction of sp³-hybridized carbons (Fsp3) is 0.889. The lowest BCUT2D eigenvalue weighted by atomic mass is 10.3. The molecule has 0 saturated heterocycles. The normalized spacial score (nSPS) is 13.8. The highest BCUT2D eigenvalue weighted by molar-refractivity contribution is 8.14. The summed E-state index contributed by atoms with van der Waals surface area (Å²) in [5.74, 6) is -3.01. The Morgan fingerprint density at radius 2 is 1.62 bits per heavy atom. The van der Waals surface area contributed by atoms with Gasteiger partial charge in [-0.05, 0) is 37.9 Å². The number of alkyl halides is 3. The summed E-state index contributed by atoms with van der Waals surface area (Å²) in [6.07, 6.45) is -0.675. The zero-order valence-electron chi connectivity index (χ0n) is 9.97. The highest BCUT2D eigenvalue weighted by Gasteiger charge is 2.29. The van der Waals surface area contributed by atoms with Gasteiger partial charge in [0, 0.05) is 0 Å². The summed E-state index contributed by atoms with van der Waals surface area (Å²) in [4.78, 5) is 8.78. The maximum absolute atomic E-state index is 10.5. The van der Waals surface area contributed by atoms with Crippen LogP contribution in [0.25, 0.3) is 0 Å². The molecule has 0 amide bonds. The van der Waals surface area contributed by atoms with Crippen LogP contribution in [0.4, 0.5) is 13.2 Å². The number of aliphatic carboxylic acids is 1. The highest BCUT2D eigenvalue weighted by Crippen LogP contribution is 2.19. The minimum absolute atomic E-state index is 0.517. The van der Waals surface area contributed by atoms with Crippen LogP contribution in [0.5, 0.6) is 0 Å². The van der Waals surface area contributed by atoms with Crippen molar-refractivity contribution in [1.29, 1.82) is 0 Å². The van der Waals surface area contributed by atoms with E-state index in [-0.39, 0.29) is 0 Å². The fourth-order valence-electron chi connectivity index (χ4n) is 0.354. The Kier molecular flexibility index (Phi) is 8.38. The van der Waals surface area contributed by atoms with E-state index in [1.807, 2.05) is 11.8 Å². The van der Waals surface area contributed by atoms with Gasteiger partial charge in [-0.1, -0.05) is 0 Å². The number of hydrogen-bond donors (Lipinski definition) is 0. The van der Waals surface area contributed by atoms with Gasteiger partial charge in [0.15, 0.2) is 5.08 Å². The van der Waals surface area contributed by atoms with Crippen molar-refractivity contribution in [3.8, 4) is 0 Å². The van der Waals surface area contributed by atoms with Crippen molar-refractivity contribution >= 4 is 28.6 Å². The van der Waals surface area contributed by atoms with Crippen LogP contribution < -0.4 is 5.11 Å². The largest absolute Gasteiger partial charge is 0.542 e. The fourth-order valence-corrected chi connectivity index (χ4v) is 3.18. The number of hydrogen-bond acceptors (Lipinski definition) is 3. The minimum atomic E-state index is -5.19. The summed E-state index contributed by atoms with van der Waals surface area (Å²) in [5.41, 5.74) is 0. The molecule has 0 aromatic rings. The van der Waals surface area contributed by atoms with Crippen molar-refractivity contribution < 1.29 is 23.1 Å². The van der Waals surface area contributed by atoms with Gasteiger partial charge in [0.25, 0.3) is 0 Å². The average molecular weight is 278 g/mol. The number of halogens is 3. The predicted octanol–water partition coefficient (Wildman–Crippen LogP) is 1.65. The first-order valence-corrected chi connectivity index (χ1v) is 7.52. The summed E-state index contributed by atoms with van der Waals surface area (Å²) in [6.45, 7) is 6.94. The molecule has 1 atom stereocenters. The van der Waals surface area contributed by atoms with E-state index in [4.69, 9.17) is 9.90 Å². The van der Waals surface area contributed by atoms with E-state index >= 15 is 0 Å². The minimum Gasteiger partial charge on any atom is -0.542 e. The molecule has 16 heavy (non-hydrogen) atoms. The maximum atomic E-state index is 10.5. The van der Waals surface area contributed by atoms with Gasteiger partial charge >= 0.3 is 6.18 Å². The number of carboxylic acid groups (broad SMARTS) is 1. The maximum Gasteiger partial charge on any atom is 0.430 e. The summed E-state index contributed by atoms with van der Waals surface area (Å²) < 4.78 is 32.1. The molecule has 0 aromatic heterocycles. The van der Waals surface area contributed by atoms with Crippen molar-refractivity contribution in [3.05, 3.63) is 0 Å². The summed E-state index contributed by atoms with van der Waals surface area (Å²) in [6, 6.07) is 0. The lowest BCUT2D eigenvalue weighted by molar-refractivity contribution is -0.344. The van der Waals surface area contributed by atoms with Crippen molar-refractivity contribution in [2.24, 2.45) is 0 Å². The second kappa shape index (κ2) is 7.32. The van der Waals surface area contributed by atoms with Crippen LogP contribution in [0, 0.1) is 0 Å². The van der Waals surface area contributed by atoms with E-state index in [0.717, 1.165) is 0 Å².